The number of Topliss-reactive ketones (excluding diaryl/α,β-unsaturated/α-hetero) is 1. The maximum atomic E-state index is 12.5. The predicted octanol–water partition coefficient (Wildman–Crippen LogP) is 4.49. The van der Waals surface area contributed by atoms with Crippen LogP contribution in [-0.2, 0) is 4.79 Å². The van der Waals surface area contributed by atoms with E-state index >= 15 is 0 Å². The Balaban J connectivity index is 2.29. The summed E-state index contributed by atoms with van der Waals surface area (Å²) in [5, 5.41) is 0. The van der Waals surface area contributed by atoms with Crippen molar-refractivity contribution in [1.29, 1.82) is 0 Å². The highest BCUT2D eigenvalue weighted by molar-refractivity contribution is 5.84. The van der Waals surface area contributed by atoms with E-state index in [1.807, 2.05) is 62.4 Å². The number of hydrogen-bond donors (Lipinski definition) is 0. The molecule has 0 aromatic heterocycles. The van der Waals surface area contributed by atoms with Gasteiger partial charge in [0.15, 0.2) is 11.9 Å². The van der Waals surface area contributed by atoms with E-state index in [9.17, 15) is 4.79 Å². The second-order valence-corrected chi connectivity index (χ2v) is 5.25. The molecule has 1 atom stereocenters. The molecule has 116 valence electrons. The highest BCUT2D eigenvalue weighted by Gasteiger charge is 2.22. The number of ether oxygens (including phenoxy) is 2. The van der Waals surface area contributed by atoms with Gasteiger partial charge in [0.2, 0.25) is 0 Å². The van der Waals surface area contributed by atoms with Gasteiger partial charge in [-0.2, -0.15) is 0 Å². The zero-order chi connectivity index (χ0) is 15.9. The molecule has 2 rings (SSSR count). The second kappa shape index (κ2) is 7.64. The molecule has 2 aromatic carbocycles. The molecule has 1 unspecified atom stereocenters. The molecule has 0 bridgehead atoms. The maximum absolute atomic E-state index is 12.5. The van der Waals surface area contributed by atoms with E-state index in [1.54, 1.807) is 7.11 Å². The standard InChI is InChI=1S/C19H22O3/c1-4-7-17(20)19(15-10-12-16(21-3)13-11-15)22-18-9-6-5-8-14(18)2/h5-6,8-13,19H,4,7H2,1-3H3. The molecule has 3 nitrogen and oxygen atoms in total. The van der Waals surface area contributed by atoms with Crippen molar-refractivity contribution in [3.63, 3.8) is 0 Å². The van der Waals surface area contributed by atoms with Crippen LogP contribution in [0.2, 0.25) is 0 Å². The number of aryl methyl sites for hydroxylation is 1. The lowest BCUT2D eigenvalue weighted by Crippen LogP contribution is -2.19. The summed E-state index contributed by atoms with van der Waals surface area (Å²) in [6, 6.07) is 15.2. The van der Waals surface area contributed by atoms with Crippen LogP contribution in [0, 0.1) is 6.92 Å². The first-order valence-corrected chi connectivity index (χ1v) is 7.54. The minimum Gasteiger partial charge on any atom is -0.497 e. The Morgan fingerprint density at radius 2 is 1.77 bits per heavy atom. The summed E-state index contributed by atoms with van der Waals surface area (Å²) in [4.78, 5) is 12.5. The predicted molar refractivity (Wildman–Crippen MR) is 87.5 cm³/mol. The van der Waals surface area contributed by atoms with Crippen LogP contribution in [0.15, 0.2) is 48.5 Å². The van der Waals surface area contributed by atoms with Crippen LogP contribution < -0.4 is 9.47 Å². The summed E-state index contributed by atoms with van der Waals surface area (Å²) < 4.78 is 11.2. The number of methoxy groups -OCH3 is 1. The minimum atomic E-state index is -0.577. The summed E-state index contributed by atoms with van der Waals surface area (Å²) in [7, 11) is 1.62. The maximum Gasteiger partial charge on any atom is 0.182 e. The van der Waals surface area contributed by atoms with Gasteiger partial charge in [-0.15, -0.1) is 0 Å². The van der Waals surface area contributed by atoms with Gasteiger partial charge in [0.05, 0.1) is 7.11 Å². The van der Waals surface area contributed by atoms with Gasteiger partial charge in [0.1, 0.15) is 11.5 Å². The molecule has 0 aliphatic heterocycles. The minimum absolute atomic E-state index is 0.0934. The monoisotopic (exact) mass is 298 g/mol. The molecular formula is C19H22O3. The number of carbonyl (C=O) groups is 1. The number of carbonyl (C=O) groups excluding carboxylic acids is 1. The van der Waals surface area contributed by atoms with Gasteiger partial charge in [-0.1, -0.05) is 37.3 Å². The SMILES string of the molecule is CCCC(=O)C(Oc1ccccc1C)c1ccc(OC)cc1. The van der Waals surface area contributed by atoms with Crippen LogP contribution >= 0.6 is 0 Å². The summed E-state index contributed by atoms with van der Waals surface area (Å²) in [6.07, 6.45) is 0.734. The first kappa shape index (κ1) is 16.1. The Morgan fingerprint density at radius 1 is 1.09 bits per heavy atom. The van der Waals surface area contributed by atoms with Crippen molar-refractivity contribution in [1.82, 2.24) is 0 Å². The first-order chi connectivity index (χ1) is 10.7. The summed E-state index contributed by atoms with van der Waals surface area (Å²) in [5.41, 5.74) is 1.87. The zero-order valence-electron chi connectivity index (χ0n) is 13.3. The van der Waals surface area contributed by atoms with Gasteiger partial charge < -0.3 is 9.47 Å². The summed E-state index contributed by atoms with van der Waals surface area (Å²) in [5.74, 6) is 1.60. The van der Waals surface area contributed by atoms with Crippen LogP contribution in [0.3, 0.4) is 0 Å². The molecule has 2 aromatic rings. The molecule has 0 fully saturated rings. The molecule has 0 N–H and O–H groups in total. The lowest BCUT2D eigenvalue weighted by atomic mass is 10.0. The largest absolute Gasteiger partial charge is 0.497 e. The molecule has 0 aliphatic rings. The van der Waals surface area contributed by atoms with Crippen molar-refractivity contribution in [3.05, 3.63) is 59.7 Å². The quantitative estimate of drug-likeness (QED) is 0.755. The topological polar surface area (TPSA) is 35.5 Å². The van der Waals surface area contributed by atoms with E-state index in [1.165, 1.54) is 0 Å². The van der Waals surface area contributed by atoms with Gasteiger partial charge in [-0.3, -0.25) is 4.79 Å². The first-order valence-electron chi connectivity index (χ1n) is 7.54. The molecule has 0 saturated heterocycles. The van der Waals surface area contributed by atoms with E-state index < -0.39 is 6.10 Å². The van der Waals surface area contributed by atoms with Crippen LogP contribution in [0.25, 0.3) is 0 Å². The third-order valence-electron chi connectivity index (χ3n) is 3.55. The lowest BCUT2D eigenvalue weighted by Gasteiger charge is -2.20. The smallest absolute Gasteiger partial charge is 0.182 e. The number of benzene rings is 2. The average Bonchev–Trinajstić information content (AvgIpc) is 2.54. The van der Waals surface area contributed by atoms with Crippen LogP contribution in [0.5, 0.6) is 11.5 Å². The Morgan fingerprint density at radius 3 is 2.36 bits per heavy atom. The van der Waals surface area contributed by atoms with Gasteiger partial charge in [-0.25, -0.2) is 0 Å². The Hall–Kier alpha value is -2.29. The highest BCUT2D eigenvalue weighted by atomic mass is 16.5. The summed E-state index contributed by atoms with van der Waals surface area (Å²) >= 11 is 0. The Kier molecular flexibility index (Phi) is 5.59. The van der Waals surface area contributed by atoms with Gasteiger partial charge in [-0.05, 0) is 37.1 Å². The molecule has 3 heteroatoms. The normalized spacial score (nSPS) is 11.8. The highest BCUT2D eigenvalue weighted by Crippen LogP contribution is 2.28. The zero-order valence-corrected chi connectivity index (χ0v) is 13.3. The Labute approximate surface area is 131 Å². The molecule has 0 heterocycles. The Bertz CT molecular complexity index is 617. The number of hydrogen-bond acceptors (Lipinski definition) is 3. The molecule has 22 heavy (non-hydrogen) atoms. The van der Waals surface area contributed by atoms with Gasteiger partial charge in [0, 0.05) is 12.0 Å². The third-order valence-corrected chi connectivity index (χ3v) is 3.55. The molecule has 0 saturated carbocycles. The van der Waals surface area contributed by atoms with Crippen LogP contribution in [0.1, 0.15) is 37.0 Å². The fourth-order valence-electron chi connectivity index (χ4n) is 2.29. The number of ketones is 1. The van der Waals surface area contributed by atoms with E-state index in [-0.39, 0.29) is 5.78 Å². The number of rotatable bonds is 7. The van der Waals surface area contributed by atoms with Gasteiger partial charge in [0.25, 0.3) is 0 Å². The average molecular weight is 298 g/mol. The molecule has 0 aliphatic carbocycles. The van der Waals surface area contributed by atoms with E-state index in [0.29, 0.717) is 6.42 Å². The number of para-hydroxylation sites is 1. The molecular weight excluding hydrogens is 276 g/mol. The van der Waals surface area contributed by atoms with E-state index in [4.69, 9.17) is 9.47 Å². The third kappa shape index (κ3) is 3.88. The van der Waals surface area contributed by atoms with Crippen molar-refractivity contribution in [2.45, 2.75) is 32.8 Å². The van der Waals surface area contributed by atoms with E-state index in [0.717, 1.165) is 29.0 Å². The molecule has 0 spiro atoms. The molecule has 0 amide bonds. The van der Waals surface area contributed by atoms with Crippen LogP contribution in [-0.4, -0.2) is 12.9 Å². The van der Waals surface area contributed by atoms with Gasteiger partial charge >= 0.3 is 0 Å². The molecule has 0 radical (unpaired) electrons. The van der Waals surface area contributed by atoms with Crippen molar-refractivity contribution in [2.75, 3.05) is 7.11 Å². The van der Waals surface area contributed by atoms with Crippen molar-refractivity contribution in [2.24, 2.45) is 0 Å². The van der Waals surface area contributed by atoms with Crippen molar-refractivity contribution in [3.8, 4) is 11.5 Å². The van der Waals surface area contributed by atoms with E-state index in [2.05, 4.69) is 0 Å². The van der Waals surface area contributed by atoms with Crippen molar-refractivity contribution >= 4 is 5.78 Å². The fraction of sp³-hybridized carbons (Fsp3) is 0.316. The van der Waals surface area contributed by atoms with Crippen molar-refractivity contribution < 1.29 is 14.3 Å². The summed E-state index contributed by atoms with van der Waals surface area (Å²) in [6.45, 7) is 3.97. The van der Waals surface area contributed by atoms with Crippen LogP contribution in [0.4, 0.5) is 0 Å². The second-order valence-electron chi connectivity index (χ2n) is 5.25. The fourth-order valence-corrected chi connectivity index (χ4v) is 2.29. The lowest BCUT2D eigenvalue weighted by molar-refractivity contribution is -0.126.